The van der Waals surface area contributed by atoms with Crippen molar-refractivity contribution in [3.8, 4) is 5.75 Å². The van der Waals surface area contributed by atoms with E-state index in [0.29, 0.717) is 0 Å². The number of ether oxygens (including phenoxy) is 1. The lowest BCUT2D eigenvalue weighted by atomic mass is 10.2. The summed E-state index contributed by atoms with van der Waals surface area (Å²) >= 11 is 0. The van der Waals surface area contributed by atoms with E-state index in [1.807, 2.05) is 30.1 Å². The van der Waals surface area contributed by atoms with Gasteiger partial charge in [0.15, 0.2) is 5.96 Å². The molecule has 0 bridgehead atoms. The molecule has 2 heterocycles. The summed E-state index contributed by atoms with van der Waals surface area (Å²) in [5.74, 6) is 1.93. The van der Waals surface area contributed by atoms with Crippen LogP contribution in [0.3, 0.4) is 0 Å². The Kier molecular flexibility index (Phi) is 9.56. The van der Waals surface area contributed by atoms with Gasteiger partial charge in [0.05, 0.1) is 13.3 Å². The monoisotopic (exact) mass is 512 g/mol. The first-order valence-corrected chi connectivity index (χ1v) is 10.1. The molecule has 1 aromatic carbocycles. The molecule has 0 spiro atoms. The number of aromatic nitrogens is 2. The van der Waals surface area contributed by atoms with Crippen LogP contribution in [-0.4, -0.2) is 67.0 Å². The maximum atomic E-state index is 5.25. The van der Waals surface area contributed by atoms with Crippen molar-refractivity contribution in [3.63, 3.8) is 0 Å². The summed E-state index contributed by atoms with van der Waals surface area (Å²) in [6, 6.07) is 8.31. The highest BCUT2D eigenvalue weighted by atomic mass is 127. The number of hydrogen-bond acceptors (Lipinski definition) is 4. The number of aliphatic imine (C=N–C) groups is 1. The zero-order valence-electron chi connectivity index (χ0n) is 17.7. The van der Waals surface area contributed by atoms with E-state index in [0.717, 1.165) is 63.8 Å². The number of nitrogens with zero attached hydrogens (tertiary/aromatic N) is 5. The SMILES string of the molecule is CCNC(=NCCCc1cnn(C)c1)N1CCN(c2ccc(OC)cc2)CC1.I. The van der Waals surface area contributed by atoms with Crippen LogP contribution >= 0.6 is 24.0 Å². The lowest BCUT2D eigenvalue weighted by molar-refractivity contribution is 0.372. The van der Waals surface area contributed by atoms with Crippen LogP contribution in [0.2, 0.25) is 0 Å². The van der Waals surface area contributed by atoms with Gasteiger partial charge in [-0.15, -0.1) is 24.0 Å². The standard InChI is InChI=1S/C21H32N6O.HI/c1-4-22-21(23-11-5-6-18-16-24-25(2)17-18)27-14-12-26(13-15-27)19-7-9-20(28-3)10-8-19;/h7-10,16-17H,4-6,11-15H2,1-3H3,(H,22,23);1H. The Labute approximate surface area is 191 Å². The van der Waals surface area contributed by atoms with Gasteiger partial charge in [-0.2, -0.15) is 5.10 Å². The second-order valence-electron chi connectivity index (χ2n) is 7.03. The van der Waals surface area contributed by atoms with Crippen molar-refractivity contribution in [1.82, 2.24) is 20.0 Å². The summed E-state index contributed by atoms with van der Waals surface area (Å²) in [5, 5.41) is 7.67. The Hall–Kier alpha value is -1.97. The molecule has 1 aliphatic heterocycles. The van der Waals surface area contributed by atoms with Gasteiger partial charge in [-0.1, -0.05) is 0 Å². The number of nitrogens with one attached hydrogen (secondary N) is 1. The molecule has 0 aliphatic carbocycles. The van der Waals surface area contributed by atoms with Crippen LogP contribution in [0.25, 0.3) is 0 Å². The summed E-state index contributed by atoms with van der Waals surface area (Å²) in [4.78, 5) is 9.64. The summed E-state index contributed by atoms with van der Waals surface area (Å²) in [7, 11) is 3.66. The zero-order chi connectivity index (χ0) is 19.8. The Morgan fingerprint density at radius 2 is 1.90 bits per heavy atom. The lowest BCUT2D eigenvalue weighted by Gasteiger charge is -2.37. The molecular weight excluding hydrogens is 479 g/mol. The summed E-state index contributed by atoms with van der Waals surface area (Å²) in [5.41, 5.74) is 2.52. The number of piperazine rings is 1. The second kappa shape index (κ2) is 11.9. The Bertz CT molecular complexity index is 753. The van der Waals surface area contributed by atoms with E-state index >= 15 is 0 Å². The van der Waals surface area contributed by atoms with Gasteiger partial charge in [-0.25, -0.2) is 0 Å². The van der Waals surface area contributed by atoms with Crippen molar-refractivity contribution in [2.45, 2.75) is 19.8 Å². The van der Waals surface area contributed by atoms with Gasteiger partial charge in [0, 0.05) is 58.2 Å². The first-order valence-electron chi connectivity index (χ1n) is 10.1. The number of halogens is 1. The number of benzene rings is 1. The van der Waals surface area contributed by atoms with Crippen LogP contribution in [0, 0.1) is 0 Å². The number of anilines is 1. The van der Waals surface area contributed by atoms with Crippen molar-refractivity contribution >= 4 is 35.6 Å². The van der Waals surface area contributed by atoms with E-state index in [9.17, 15) is 0 Å². The molecule has 0 atom stereocenters. The zero-order valence-corrected chi connectivity index (χ0v) is 20.0. The summed E-state index contributed by atoms with van der Waals surface area (Å²) in [6.45, 7) is 7.77. The van der Waals surface area contributed by atoms with E-state index in [-0.39, 0.29) is 24.0 Å². The van der Waals surface area contributed by atoms with Crippen molar-refractivity contribution in [1.29, 1.82) is 0 Å². The van der Waals surface area contributed by atoms with E-state index < -0.39 is 0 Å². The number of hydrogen-bond donors (Lipinski definition) is 1. The van der Waals surface area contributed by atoms with Gasteiger partial charge in [-0.3, -0.25) is 9.67 Å². The number of rotatable bonds is 7. The van der Waals surface area contributed by atoms with Gasteiger partial charge >= 0.3 is 0 Å². The minimum absolute atomic E-state index is 0. The number of aryl methyl sites for hydroxylation is 2. The largest absolute Gasteiger partial charge is 0.497 e. The predicted molar refractivity (Wildman–Crippen MR) is 130 cm³/mol. The quantitative estimate of drug-likeness (QED) is 0.268. The maximum Gasteiger partial charge on any atom is 0.194 e. The van der Waals surface area contributed by atoms with Gasteiger partial charge in [0.25, 0.3) is 0 Å². The average molecular weight is 512 g/mol. The molecule has 160 valence electrons. The van der Waals surface area contributed by atoms with Crippen LogP contribution in [0.15, 0.2) is 41.7 Å². The van der Waals surface area contributed by atoms with Crippen LogP contribution in [-0.2, 0) is 13.5 Å². The lowest BCUT2D eigenvalue weighted by Crippen LogP contribution is -2.52. The van der Waals surface area contributed by atoms with Crippen molar-refractivity contribution in [2.24, 2.45) is 12.0 Å². The van der Waals surface area contributed by atoms with E-state index in [2.05, 4.69) is 45.5 Å². The van der Waals surface area contributed by atoms with Crippen LogP contribution < -0.4 is 15.0 Å². The van der Waals surface area contributed by atoms with Gasteiger partial charge in [-0.05, 0) is 49.6 Å². The van der Waals surface area contributed by atoms with Gasteiger partial charge in [0.2, 0.25) is 0 Å². The fourth-order valence-electron chi connectivity index (χ4n) is 3.46. The summed E-state index contributed by atoms with van der Waals surface area (Å²) < 4.78 is 7.10. The molecule has 7 nitrogen and oxygen atoms in total. The topological polar surface area (TPSA) is 57.9 Å². The smallest absolute Gasteiger partial charge is 0.194 e. The Morgan fingerprint density at radius 1 is 1.17 bits per heavy atom. The molecule has 2 aromatic rings. The molecule has 8 heteroatoms. The van der Waals surface area contributed by atoms with Gasteiger partial charge < -0.3 is 19.9 Å². The van der Waals surface area contributed by atoms with E-state index in [4.69, 9.17) is 9.73 Å². The molecule has 3 rings (SSSR count). The Morgan fingerprint density at radius 3 is 2.48 bits per heavy atom. The normalized spacial score (nSPS) is 14.5. The van der Waals surface area contributed by atoms with Crippen molar-refractivity contribution in [3.05, 3.63) is 42.2 Å². The molecule has 0 amide bonds. The Balaban J connectivity index is 0.00000300. The predicted octanol–water partition coefficient (Wildman–Crippen LogP) is 2.77. The molecule has 1 N–H and O–H groups in total. The summed E-state index contributed by atoms with van der Waals surface area (Å²) in [6.07, 6.45) is 6.06. The molecule has 0 unspecified atom stereocenters. The molecular formula is C21H33IN6O. The maximum absolute atomic E-state index is 5.25. The highest BCUT2D eigenvalue weighted by molar-refractivity contribution is 14.0. The molecule has 0 saturated carbocycles. The van der Waals surface area contributed by atoms with Crippen molar-refractivity contribution in [2.75, 3.05) is 51.3 Å². The molecule has 1 aliphatic rings. The first-order chi connectivity index (χ1) is 13.7. The van der Waals surface area contributed by atoms with Gasteiger partial charge in [0.1, 0.15) is 5.75 Å². The molecule has 0 radical (unpaired) electrons. The first kappa shape index (κ1) is 23.3. The highest BCUT2D eigenvalue weighted by Gasteiger charge is 2.19. The van der Waals surface area contributed by atoms with E-state index in [1.165, 1.54) is 11.3 Å². The van der Waals surface area contributed by atoms with Crippen LogP contribution in [0.5, 0.6) is 5.75 Å². The fraction of sp³-hybridized carbons (Fsp3) is 0.524. The van der Waals surface area contributed by atoms with Crippen molar-refractivity contribution < 1.29 is 4.74 Å². The average Bonchev–Trinajstić information content (AvgIpc) is 3.15. The third-order valence-electron chi connectivity index (χ3n) is 5.00. The number of methoxy groups -OCH3 is 1. The fourth-order valence-corrected chi connectivity index (χ4v) is 3.46. The minimum Gasteiger partial charge on any atom is -0.497 e. The molecule has 1 aromatic heterocycles. The molecule has 1 fully saturated rings. The van der Waals surface area contributed by atoms with Crippen LogP contribution in [0.4, 0.5) is 5.69 Å². The van der Waals surface area contributed by atoms with E-state index in [1.54, 1.807) is 7.11 Å². The second-order valence-corrected chi connectivity index (χ2v) is 7.03. The molecule has 29 heavy (non-hydrogen) atoms. The third-order valence-corrected chi connectivity index (χ3v) is 5.00. The third kappa shape index (κ3) is 6.80. The highest BCUT2D eigenvalue weighted by Crippen LogP contribution is 2.20. The van der Waals surface area contributed by atoms with Crippen LogP contribution in [0.1, 0.15) is 18.9 Å². The minimum atomic E-state index is 0. The number of guanidine groups is 1. The molecule has 1 saturated heterocycles.